The van der Waals surface area contributed by atoms with Crippen molar-refractivity contribution in [3.05, 3.63) is 54.7 Å². The quantitative estimate of drug-likeness (QED) is 0.573. The minimum absolute atomic E-state index is 0.0140. The van der Waals surface area contributed by atoms with Crippen molar-refractivity contribution in [2.75, 3.05) is 59.3 Å². The van der Waals surface area contributed by atoms with Gasteiger partial charge in [-0.1, -0.05) is 12.1 Å². The zero-order valence-electron chi connectivity index (χ0n) is 20.5. The van der Waals surface area contributed by atoms with Gasteiger partial charge >= 0.3 is 0 Å². The van der Waals surface area contributed by atoms with Gasteiger partial charge in [-0.05, 0) is 37.9 Å². The molecule has 2 heterocycles. The molecule has 2 aromatic rings. The summed E-state index contributed by atoms with van der Waals surface area (Å²) in [5.41, 5.74) is 3.30. The van der Waals surface area contributed by atoms with Gasteiger partial charge in [0.05, 0.1) is 0 Å². The average Bonchev–Trinajstić information content (AvgIpc) is 2.83. The molecule has 0 radical (unpaired) electrons. The molecule has 1 aliphatic heterocycles. The molecule has 1 aromatic heterocycles. The van der Waals surface area contributed by atoms with Crippen molar-refractivity contribution < 1.29 is 14.3 Å². The van der Waals surface area contributed by atoms with Crippen LogP contribution in [0.25, 0.3) is 11.1 Å². The number of likely N-dealkylation sites (tertiary alicyclic amines) is 1. The second-order valence-corrected chi connectivity index (χ2v) is 8.90. The number of carbonyl (C=O) groups is 2. The first-order valence-corrected chi connectivity index (χ1v) is 11.6. The predicted octanol–water partition coefficient (Wildman–Crippen LogP) is 2.42. The number of aromatic nitrogens is 1. The number of ether oxygens (including phenoxy) is 1. The molecule has 1 saturated heterocycles. The SMILES string of the molecule is CN(C)CCNC(=O)/C=C\C(=O)N1CCC(Oc2ccc(-c3ccc(N(C)C)cc3)cn2)CC1. The summed E-state index contributed by atoms with van der Waals surface area (Å²) in [6, 6.07) is 12.2. The molecule has 1 aromatic carbocycles. The number of piperidine rings is 1. The summed E-state index contributed by atoms with van der Waals surface area (Å²) in [5, 5.41) is 2.76. The molecule has 0 bridgehead atoms. The minimum Gasteiger partial charge on any atom is -0.474 e. The summed E-state index contributed by atoms with van der Waals surface area (Å²) in [6.45, 7) is 2.48. The zero-order chi connectivity index (χ0) is 24.5. The Morgan fingerprint density at radius 1 is 1.03 bits per heavy atom. The highest BCUT2D eigenvalue weighted by Crippen LogP contribution is 2.24. The van der Waals surface area contributed by atoms with Crippen LogP contribution in [0.1, 0.15) is 12.8 Å². The molecule has 3 rings (SSSR count). The van der Waals surface area contributed by atoms with E-state index < -0.39 is 0 Å². The van der Waals surface area contributed by atoms with E-state index in [2.05, 4.69) is 39.5 Å². The maximum Gasteiger partial charge on any atom is 0.246 e. The van der Waals surface area contributed by atoms with E-state index in [9.17, 15) is 9.59 Å². The van der Waals surface area contributed by atoms with Crippen LogP contribution in [0.4, 0.5) is 5.69 Å². The molecule has 0 unspecified atom stereocenters. The summed E-state index contributed by atoms with van der Waals surface area (Å²) in [4.78, 5) is 34.5. The summed E-state index contributed by atoms with van der Waals surface area (Å²) < 4.78 is 6.04. The van der Waals surface area contributed by atoms with Gasteiger partial charge in [0, 0.05) is 88.8 Å². The van der Waals surface area contributed by atoms with Crippen LogP contribution >= 0.6 is 0 Å². The molecule has 0 aliphatic carbocycles. The van der Waals surface area contributed by atoms with E-state index >= 15 is 0 Å². The number of pyridine rings is 1. The summed E-state index contributed by atoms with van der Waals surface area (Å²) in [6.07, 6.45) is 5.94. The van der Waals surface area contributed by atoms with E-state index in [1.54, 1.807) is 4.90 Å². The monoisotopic (exact) mass is 465 g/mol. The van der Waals surface area contributed by atoms with E-state index in [1.165, 1.54) is 12.2 Å². The van der Waals surface area contributed by atoms with Gasteiger partial charge in [-0.3, -0.25) is 9.59 Å². The third-order valence-electron chi connectivity index (χ3n) is 5.73. The number of anilines is 1. The number of benzene rings is 1. The first-order valence-electron chi connectivity index (χ1n) is 11.6. The molecule has 1 N–H and O–H groups in total. The number of carbonyl (C=O) groups excluding carboxylic acids is 2. The fraction of sp³-hybridized carbons (Fsp3) is 0.423. The number of nitrogens with zero attached hydrogens (tertiary/aromatic N) is 4. The van der Waals surface area contributed by atoms with Gasteiger partial charge in [-0.25, -0.2) is 4.98 Å². The van der Waals surface area contributed by atoms with Gasteiger partial charge < -0.3 is 24.8 Å². The smallest absolute Gasteiger partial charge is 0.246 e. The Kier molecular flexibility index (Phi) is 9.04. The number of rotatable bonds is 9. The van der Waals surface area contributed by atoms with Crippen molar-refractivity contribution in [2.24, 2.45) is 0 Å². The molecule has 2 amide bonds. The molecule has 8 nitrogen and oxygen atoms in total. The lowest BCUT2D eigenvalue weighted by Crippen LogP contribution is -2.41. The normalized spacial score (nSPS) is 14.4. The average molecular weight is 466 g/mol. The summed E-state index contributed by atoms with van der Waals surface area (Å²) >= 11 is 0. The van der Waals surface area contributed by atoms with Crippen LogP contribution in [0, 0.1) is 0 Å². The van der Waals surface area contributed by atoms with Crippen LogP contribution in [0.3, 0.4) is 0 Å². The number of hydrogen-bond donors (Lipinski definition) is 1. The van der Waals surface area contributed by atoms with Crippen LogP contribution in [-0.2, 0) is 9.59 Å². The van der Waals surface area contributed by atoms with Gasteiger partial charge in [0.15, 0.2) is 0 Å². The number of nitrogens with one attached hydrogen (secondary N) is 1. The van der Waals surface area contributed by atoms with Crippen LogP contribution in [0.5, 0.6) is 5.88 Å². The van der Waals surface area contributed by atoms with Crippen molar-refractivity contribution in [3.8, 4) is 17.0 Å². The maximum absolute atomic E-state index is 12.4. The molecule has 0 spiro atoms. The van der Waals surface area contributed by atoms with E-state index in [-0.39, 0.29) is 17.9 Å². The van der Waals surface area contributed by atoms with Crippen LogP contribution in [0.2, 0.25) is 0 Å². The molecule has 0 saturated carbocycles. The minimum atomic E-state index is -0.253. The molecular formula is C26H35N5O3. The topological polar surface area (TPSA) is 78.0 Å². The highest BCUT2D eigenvalue weighted by molar-refractivity contribution is 5.96. The van der Waals surface area contributed by atoms with Crippen molar-refractivity contribution in [3.63, 3.8) is 0 Å². The Morgan fingerprint density at radius 3 is 2.29 bits per heavy atom. The standard InChI is InChI=1S/C26H35N5O3/c1-29(2)18-15-27-24(32)10-12-26(33)31-16-13-23(14-17-31)34-25-11-7-21(19-28-25)20-5-8-22(9-6-20)30(3)4/h5-12,19,23H,13-18H2,1-4H3,(H,27,32)/b12-10-. The van der Waals surface area contributed by atoms with Crippen molar-refractivity contribution in [1.82, 2.24) is 20.1 Å². The molecular weight excluding hydrogens is 430 g/mol. The number of likely N-dealkylation sites (N-methyl/N-ethyl adjacent to an activating group) is 1. The van der Waals surface area contributed by atoms with Gasteiger partial charge in [0.1, 0.15) is 6.10 Å². The molecule has 8 heteroatoms. The highest BCUT2D eigenvalue weighted by atomic mass is 16.5. The molecule has 1 fully saturated rings. The van der Waals surface area contributed by atoms with Gasteiger partial charge in [0.2, 0.25) is 17.7 Å². The van der Waals surface area contributed by atoms with Crippen molar-refractivity contribution in [2.45, 2.75) is 18.9 Å². The van der Waals surface area contributed by atoms with Gasteiger partial charge in [-0.15, -0.1) is 0 Å². The largest absolute Gasteiger partial charge is 0.474 e. The maximum atomic E-state index is 12.4. The Labute approximate surface area is 202 Å². The Balaban J connectivity index is 1.43. The molecule has 1 aliphatic rings. The summed E-state index contributed by atoms with van der Waals surface area (Å²) in [5.74, 6) is 0.188. The third kappa shape index (κ3) is 7.59. The van der Waals surface area contributed by atoms with Crippen molar-refractivity contribution >= 4 is 17.5 Å². The first-order chi connectivity index (χ1) is 16.3. The lowest BCUT2D eigenvalue weighted by molar-refractivity contribution is -0.128. The lowest BCUT2D eigenvalue weighted by Gasteiger charge is -2.31. The van der Waals surface area contributed by atoms with Gasteiger partial charge in [0.25, 0.3) is 0 Å². The third-order valence-corrected chi connectivity index (χ3v) is 5.73. The number of hydrogen-bond acceptors (Lipinski definition) is 6. The Morgan fingerprint density at radius 2 is 1.71 bits per heavy atom. The fourth-order valence-electron chi connectivity index (χ4n) is 3.65. The molecule has 182 valence electrons. The van der Waals surface area contributed by atoms with E-state index in [4.69, 9.17) is 4.74 Å². The predicted molar refractivity (Wildman–Crippen MR) is 135 cm³/mol. The fourth-order valence-corrected chi connectivity index (χ4v) is 3.65. The van der Waals surface area contributed by atoms with Crippen molar-refractivity contribution in [1.29, 1.82) is 0 Å². The Bertz CT molecular complexity index is 963. The van der Waals surface area contributed by atoms with Crippen LogP contribution in [0.15, 0.2) is 54.7 Å². The lowest BCUT2D eigenvalue weighted by atomic mass is 10.1. The molecule has 0 atom stereocenters. The second kappa shape index (κ2) is 12.2. The van der Waals surface area contributed by atoms with E-state index in [0.717, 1.165) is 36.2 Å². The van der Waals surface area contributed by atoms with Crippen LogP contribution < -0.4 is 15.0 Å². The van der Waals surface area contributed by atoms with Crippen LogP contribution in [-0.4, -0.2) is 87.1 Å². The Hall–Kier alpha value is -3.39. The zero-order valence-corrected chi connectivity index (χ0v) is 20.5. The van der Waals surface area contributed by atoms with E-state index in [1.807, 2.05) is 51.4 Å². The first kappa shape index (κ1) is 25.2. The second-order valence-electron chi connectivity index (χ2n) is 8.90. The molecule has 34 heavy (non-hydrogen) atoms. The number of amides is 2. The summed E-state index contributed by atoms with van der Waals surface area (Å²) in [7, 11) is 7.92. The van der Waals surface area contributed by atoms with Gasteiger partial charge in [-0.2, -0.15) is 0 Å². The highest BCUT2D eigenvalue weighted by Gasteiger charge is 2.23. The van der Waals surface area contributed by atoms with E-state index in [0.29, 0.717) is 25.5 Å².